The van der Waals surface area contributed by atoms with Crippen LogP contribution in [0.3, 0.4) is 0 Å². The number of nitrogens with two attached hydrogens (primary N) is 2. The standard InChI is InChI=1S/C7H14N4O/c1-4(2)7-10-5(3-12-9)6(8)11-7/h4H,3,8-9H2,1-2H3,(H,10,11). The molecule has 0 aliphatic rings. The lowest BCUT2D eigenvalue weighted by molar-refractivity contribution is 0.122. The van der Waals surface area contributed by atoms with Crippen LogP contribution in [0.1, 0.15) is 31.3 Å². The second kappa shape index (κ2) is 3.55. The molecule has 0 amide bonds. The van der Waals surface area contributed by atoms with Crippen LogP contribution < -0.4 is 11.6 Å². The largest absolute Gasteiger partial charge is 0.382 e. The number of nitrogen functional groups attached to an aromatic ring is 1. The van der Waals surface area contributed by atoms with Gasteiger partial charge in [-0.15, -0.1) is 0 Å². The summed E-state index contributed by atoms with van der Waals surface area (Å²) in [6.07, 6.45) is 0. The van der Waals surface area contributed by atoms with Gasteiger partial charge in [0.2, 0.25) is 0 Å². The predicted octanol–water partition coefficient (Wildman–Crippen LogP) is 0.506. The maximum atomic E-state index is 5.59. The first-order valence-electron chi connectivity index (χ1n) is 3.81. The normalized spacial score (nSPS) is 11.0. The van der Waals surface area contributed by atoms with Gasteiger partial charge in [-0.25, -0.2) is 10.9 Å². The summed E-state index contributed by atoms with van der Waals surface area (Å²) in [6, 6.07) is 0. The molecule has 0 atom stereocenters. The van der Waals surface area contributed by atoms with Crippen molar-refractivity contribution in [3.8, 4) is 0 Å². The van der Waals surface area contributed by atoms with Crippen LogP contribution in [0.4, 0.5) is 5.82 Å². The van der Waals surface area contributed by atoms with Crippen LogP contribution in [-0.2, 0) is 11.4 Å². The Morgan fingerprint density at radius 1 is 1.58 bits per heavy atom. The molecule has 1 aromatic rings. The van der Waals surface area contributed by atoms with Crippen LogP contribution in [0, 0.1) is 0 Å². The summed E-state index contributed by atoms with van der Waals surface area (Å²) < 4.78 is 0. The molecule has 0 fully saturated rings. The molecule has 0 aliphatic heterocycles. The van der Waals surface area contributed by atoms with Crippen LogP contribution in [0.15, 0.2) is 0 Å². The number of imidazole rings is 1. The fraction of sp³-hybridized carbons (Fsp3) is 0.571. The Bertz CT molecular complexity index is 256. The molecule has 0 aromatic carbocycles. The lowest BCUT2D eigenvalue weighted by Gasteiger charge is -1.97. The molecule has 0 saturated heterocycles. The van der Waals surface area contributed by atoms with Gasteiger partial charge < -0.3 is 10.7 Å². The molecule has 0 spiro atoms. The van der Waals surface area contributed by atoms with E-state index in [9.17, 15) is 0 Å². The molecule has 5 N–H and O–H groups in total. The van der Waals surface area contributed by atoms with E-state index in [1.54, 1.807) is 0 Å². The molecular formula is C7H14N4O. The van der Waals surface area contributed by atoms with Gasteiger partial charge >= 0.3 is 0 Å². The average molecular weight is 170 g/mol. The molecular weight excluding hydrogens is 156 g/mol. The van der Waals surface area contributed by atoms with Crippen molar-refractivity contribution < 1.29 is 4.84 Å². The Morgan fingerprint density at radius 3 is 2.67 bits per heavy atom. The lowest BCUT2D eigenvalue weighted by Crippen LogP contribution is -2.01. The van der Waals surface area contributed by atoms with Crippen LogP contribution >= 0.6 is 0 Å². The van der Waals surface area contributed by atoms with E-state index >= 15 is 0 Å². The summed E-state index contributed by atoms with van der Waals surface area (Å²) in [4.78, 5) is 11.6. The number of hydrogen-bond acceptors (Lipinski definition) is 4. The smallest absolute Gasteiger partial charge is 0.147 e. The molecule has 1 heterocycles. The van der Waals surface area contributed by atoms with E-state index < -0.39 is 0 Å². The Morgan fingerprint density at radius 2 is 2.25 bits per heavy atom. The van der Waals surface area contributed by atoms with Gasteiger partial charge in [-0.3, -0.25) is 4.84 Å². The first-order chi connectivity index (χ1) is 5.65. The Kier molecular flexibility index (Phi) is 2.67. The molecule has 0 aliphatic carbocycles. The van der Waals surface area contributed by atoms with Gasteiger partial charge in [-0.05, 0) is 0 Å². The maximum Gasteiger partial charge on any atom is 0.147 e. The number of hydrogen-bond donors (Lipinski definition) is 3. The number of anilines is 1. The molecule has 0 radical (unpaired) electrons. The predicted molar refractivity (Wildman–Crippen MR) is 46.1 cm³/mol. The summed E-state index contributed by atoms with van der Waals surface area (Å²) in [7, 11) is 0. The van der Waals surface area contributed by atoms with E-state index in [0.717, 1.165) is 11.5 Å². The molecule has 0 saturated carbocycles. The summed E-state index contributed by atoms with van der Waals surface area (Å²) >= 11 is 0. The van der Waals surface area contributed by atoms with E-state index in [-0.39, 0.29) is 6.61 Å². The zero-order chi connectivity index (χ0) is 9.14. The third-order valence-electron chi connectivity index (χ3n) is 1.60. The lowest BCUT2D eigenvalue weighted by atomic mass is 10.2. The van der Waals surface area contributed by atoms with Crippen molar-refractivity contribution in [3.05, 3.63) is 11.5 Å². The van der Waals surface area contributed by atoms with Crippen molar-refractivity contribution in [2.24, 2.45) is 5.90 Å². The molecule has 1 aromatic heterocycles. The molecule has 68 valence electrons. The van der Waals surface area contributed by atoms with Gasteiger partial charge in [0.25, 0.3) is 0 Å². The van der Waals surface area contributed by atoms with E-state index in [1.807, 2.05) is 13.8 Å². The monoisotopic (exact) mass is 170 g/mol. The zero-order valence-electron chi connectivity index (χ0n) is 7.29. The average Bonchev–Trinajstić information content (AvgIpc) is 2.34. The minimum Gasteiger partial charge on any atom is -0.382 e. The second-order valence-electron chi connectivity index (χ2n) is 2.95. The van der Waals surface area contributed by atoms with Crippen LogP contribution in [0.2, 0.25) is 0 Å². The van der Waals surface area contributed by atoms with Crippen molar-refractivity contribution >= 4 is 5.82 Å². The van der Waals surface area contributed by atoms with Crippen molar-refractivity contribution in [2.45, 2.75) is 26.4 Å². The van der Waals surface area contributed by atoms with Gasteiger partial charge in [0.1, 0.15) is 18.2 Å². The summed E-state index contributed by atoms with van der Waals surface area (Å²) in [6.45, 7) is 4.34. The van der Waals surface area contributed by atoms with E-state index in [2.05, 4.69) is 14.8 Å². The maximum absolute atomic E-state index is 5.59. The highest BCUT2D eigenvalue weighted by molar-refractivity contribution is 5.35. The van der Waals surface area contributed by atoms with Crippen molar-refractivity contribution in [1.82, 2.24) is 9.97 Å². The number of H-pyrrole nitrogens is 1. The van der Waals surface area contributed by atoms with Crippen LogP contribution in [0.25, 0.3) is 0 Å². The van der Waals surface area contributed by atoms with Gasteiger partial charge in [0.05, 0.1) is 5.69 Å². The Balaban J connectivity index is 2.85. The molecule has 0 unspecified atom stereocenters. The summed E-state index contributed by atoms with van der Waals surface area (Å²) in [5.74, 6) is 6.57. The highest BCUT2D eigenvalue weighted by Crippen LogP contribution is 2.15. The topological polar surface area (TPSA) is 89.9 Å². The molecule has 0 bridgehead atoms. The minimum atomic E-state index is 0.269. The number of nitrogens with zero attached hydrogens (tertiary/aromatic N) is 1. The molecule has 5 heteroatoms. The molecule has 1 rings (SSSR count). The second-order valence-corrected chi connectivity index (χ2v) is 2.95. The first-order valence-corrected chi connectivity index (χ1v) is 3.81. The van der Waals surface area contributed by atoms with E-state index in [1.165, 1.54) is 0 Å². The first kappa shape index (κ1) is 9.02. The highest BCUT2D eigenvalue weighted by atomic mass is 16.6. The van der Waals surface area contributed by atoms with Gasteiger partial charge in [-0.1, -0.05) is 13.8 Å². The summed E-state index contributed by atoms with van der Waals surface area (Å²) in [5.41, 5.74) is 6.32. The third-order valence-corrected chi connectivity index (χ3v) is 1.60. The van der Waals surface area contributed by atoms with Crippen molar-refractivity contribution in [2.75, 3.05) is 5.73 Å². The molecule has 5 nitrogen and oxygen atoms in total. The van der Waals surface area contributed by atoms with Gasteiger partial charge in [-0.2, -0.15) is 0 Å². The van der Waals surface area contributed by atoms with Crippen LogP contribution in [0.5, 0.6) is 0 Å². The van der Waals surface area contributed by atoms with Crippen molar-refractivity contribution in [1.29, 1.82) is 0 Å². The minimum absolute atomic E-state index is 0.269. The van der Waals surface area contributed by atoms with Crippen LogP contribution in [-0.4, -0.2) is 9.97 Å². The highest BCUT2D eigenvalue weighted by Gasteiger charge is 2.09. The number of aromatic amines is 1. The Labute approximate surface area is 71.1 Å². The number of aromatic nitrogens is 2. The fourth-order valence-corrected chi connectivity index (χ4v) is 0.911. The Hall–Kier alpha value is -1.07. The number of rotatable bonds is 3. The SMILES string of the molecule is CC(C)c1nc(N)c(CON)[nH]1. The molecule has 12 heavy (non-hydrogen) atoms. The quantitative estimate of drug-likeness (QED) is 0.576. The van der Waals surface area contributed by atoms with Gasteiger partial charge in [0.15, 0.2) is 0 Å². The van der Waals surface area contributed by atoms with E-state index in [0.29, 0.717) is 11.7 Å². The van der Waals surface area contributed by atoms with Gasteiger partial charge in [0, 0.05) is 5.92 Å². The number of nitrogens with one attached hydrogen (secondary N) is 1. The fourth-order valence-electron chi connectivity index (χ4n) is 0.911. The zero-order valence-corrected chi connectivity index (χ0v) is 7.29. The summed E-state index contributed by atoms with van der Waals surface area (Å²) in [5, 5.41) is 0. The third kappa shape index (κ3) is 1.75. The van der Waals surface area contributed by atoms with E-state index in [4.69, 9.17) is 11.6 Å². The van der Waals surface area contributed by atoms with Crippen molar-refractivity contribution in [3.63, 3.8) is 0 Å².